The van der Waals surface area contributed by atoms with Crippen molar-refractivity contribution >= 4 is 11.6 Å². The minimum atomic E-state index is 0.248. The summed E-state index contributed by atoms with van der Waals surface area (Å²) in [5, 5.41) is 0.825. The Bertz CT molecular complexity index is 375. The molecule has 0 aliphatic carbocycles. The van der Waals surface area contributed by atoms with Crippen molar-refractivity contribution in [3.8, 4) is 0 Å². The Morgan fingerprint density at radius 1 is 1.22 bits per heavy atom. The quantitative estimate of drug-likeness (QED) is 0.906. The molecule has 2 N–H and O–H groups in total. The van der Waals surface area contributed by atoms with Crippen LogP contribution in [0.4, 0.5) is 0 Å². The van der Waals surface area contributed by atoms with E-state index in [1.807, 2.05) is 18.2 Å². The van der Waals surface area contributed by atoms with E-state index in [0.717, 1.165) is 43.3 Å². The fourth-order valence-corrected chi connectivity index (χ4v) is 2.87. The maximum absolute atomic E-state index is 6.28. The summed E-state index contributed by atoms with van der Waals surface area (Å²) < 4.78 is 0. The molecule has 1 atom stereocenters. The number of hydrogen-bond donors (Lipinski definition) is 1. The van der Waals surface area contributed by atoms with E-state index in [4.69, 9.17) is 17.3 Å². The van der Waals surface area contributed by atoms with Gasteiger partial charge in [0.05, 0.1) is 0 Å². The van der Waals surface area contributed by atoms with Gasteiger partial charge in [0.15, 0.2) is 0 Å². The maximum atomic E-state index is 6.28. The van der Waals surface area contributed by atoms with E-state index in [2.05, 4.69) is 22.8 Å². The Morgan fingerprint density at radius 3 is 2.44 bits per heavy atom. The third-order valence-electron chi connectivity index (χ3n) is 3.78. The number of benzene rings is 1. The Balaban J connectivity index is 2.08. The van der Waals surface area contributed by atoms with E-state index in [1.54, 1.807) is 0 Å². The van der Waals surface area contributed by atoms with Gasteiger partial charge in [0, 0.05) is 43.8 Å². The summed E-state index contributed by atoms with van der Waals surface area (Å²) in [5.74, 6) is 0. The number of nitrogens with zero attached hydrogens (tertiary/aromatic N) is 2. The van der Waals surface area contributed by atoms with E-state index >= 15 is 0 Å². The van der Waals surface area contributed by atoms with E-state index in [-0.39, 0.29) is 6.04 Å². The van der Waals surface area contributed by atoms with Crippen molar-refractivity contribution in [2.24, 2.45) is 5.73 Å². The lowest BCUT2D eigenvalue weighted by molar-refractivity contribution is 0.102. The van der Waals surface area contributed by atoms with Crippen LogP contribution in [0.5, 0.6) is 0 Å². The second kappa shape index (κ2) is 6.53. The van der Waals surface area contributed by atoms with E-state index < -0.39 is 0 Å². The highest BCUT2D eigenvalue weighted by Crippen LogP contribution is 2.27. The van der Waals surface area contributed by atoms with Crippen LogP contribution in [-0.4, -0.2) is 49.1 Å². The summed E-state index contributed by atoms with van der Waals surface area (Å²) in [5.41, 5.74) is 7.12. The van der Waals surface area contributed by atoms with Crippen LogP contribution in [0.2, 0.25) is 5.02 Å². The zero-order chi connectivity index (χ0) is 13.0. The molecule has 100 valence electrons. The van der Waals surface area contributed by atoms with Gasteiger partial charge in [-0.1, -0.05) is 36.7 Å². The van der Waals surface area contributed by atoms with Crippen molar-refractivity contribution in [3.63, 3.8) is 0 Å². The fraction of sp³-hybridized carbons (Fsp3) is 0.571. The lowest BCUT2D eigenvalue weighted by Crippen LogP contribution is -2.48. The summed E-state index contributed by atoms with van der Waals surface area (Å²) >= 11 is 6.28. The molecular weight excluding hydrogens is 246 g/mol. The fourth-order valence-electron chi connectivity index (χ4n) is 2.61. The van der Waals surface area contributed by atoms with Gasteiger partial charge in [-0.3, -0.25) is 4.90 Å². The van der Waals surface area contributed by atoms with Crippen LogP contribution in [0.25, 0.3) is 0 Å². The largest absolute Gasteiger partial charge is 0.329 e. The van der Waals surface area contributed by atoms with Crippen molar-refractivity contribution in [2.45, 2.75) is 13.0 Å². The molecular formula is C14H22ClN3. The van der Waals surface area contributed by atoms with Gasteiger partial charge < -0.3 is 10.6 Å². The third-order valence-corrected chi connectivity index (χ3v) is 4.13. The number of hydrogen-bond acceptors (Lipinski definition) is 3. The number of nitrogens with two attached hydrogens (primary N) is 1. The lowest BCUT2D eigenvalue weighted by atomic mass is 10.0. The second-order valence-electron chi connectivity index (χ2n) is 4.74. The highest BCUT2D eigenvalue weighted by atomic mass is 35.5. The zero-order valence-corrected chi connectivity index (χ0v) is 11.7. The molecule has 0 radical (unpaired) electrons. The van der Waals surface area contributed by atoms with Gasteiger partial charge in [0.2, 0.25) is 0 Å². The number of likely N-dealkylation sites (N-methyl/N-ethyl adjacent to an activating group) is 1. The highest BCUT2D eigenvalue weighted by molar-refractivity contribution is 6.31. The first-order valence-corrected chi connectivity index (χ1v) is 7.05. The molecule has 1 aliphatic heterocycles. The average Bonchev–Trinajstić information content (AvgIpc) is 2.42. The minimum absolute atomic E-state index is 0.248. The van der Waals surface area contributed by atoms with Crippen LogP contribution in [0, 0.1) is 0 Å². The van der Waals surface area contributed by atoms with Crippen LogP contribution in [0.1, 0.15) is 18.5 Å². The summed E-state index contributed by atoms with van der Waals surface area (Å²) in [7, 11) is 0. The second-order valence-corrected chi connectivity index (χ2v) is 5.15. The molecule has 4 heteroatoms. The predicted octanol–water partition coefficient (Wildman–Crippen LogP) is 1.98. The van der Waals surface area contributed by atoms with E-state index in [0.29, 0.717) is 6.54 Å². The molecule has 3 nitrogen and oxygen atoms in total. The summed E-state index contributed by atoms with van der Waals surface area (Å²) in [6.07, 6.45) is 0. The maximum Gasteiger partial charge on any atom is 0.0486 e. The molecule has 0 amide bonds. The van der Waals surface area contributed by atoms with Crippen molar-refractivity contribution < 1.29 is 0 Å². The molecule has 0 aromatic heterocycles. The van der Waals surface area contributed by atoms with Gasteiger partial charge >= 0.3 is 0 Å². The van der Waals surface area contributed by atoms with Crippen LogP contribution < -0.4 is 5.73 Å². The van der Waals surface area contributed by atoms with Crippen molar-refractivity contribution in [3.05, 3.63) is 34.9 Å². The number of halogens is 1. The molecule has 1 aromatic carbocycles. The molecule has 0 spiro atoms. The standard InChI is InChI=1S/C14H22ClN3/c1-2-17-7-9-18(10-8-17)14(11-16)12-5-3-4-6-13(12)15/h3-6,14H,2,7-11,16H2,1H3. The molecule has 1 unspecified atom stereocenters. The monoisotopic (exact) mass is 267 g/mol. The van der Waals surface area contributed by atoms with Gasteiger partial charge in [-0.05, 0) is 18.2 Å². The summed E-state index contributed by atoms with van der Waals surface area (Å²) in [6, 6.07) is 8.28. The average molecular weight is 268 g/mol. The Morgan fingerprint density at radius 2 is 1.89 bits per heavy atom. The van der Waals surface area contributed by atoms with Crippen LogP contribution >= 0.6 is 11.6 Å². The third kappa shape index (κ3) is 3.04. The number of piperazine rings is 1. The van der Waals surface area contributed by atoms with E-state index in [1.165, 1.54) is 0 Å². The molecule has 1 saturated heterocycles. The minimum Gasteiger partial charge on any atom is -0.329 e. The van der Waals surface area contributed by atoms with Crippen LogP contribution in [0.3, 0.4) is 0 Å². The molecule has 0 saturated carbocycles. The zero-order valence-electron chi connectivity index (χ0n) is 11.0. The Labute approximate surface area is 115 Å². The van der Waals surface area contributed by atoms with Crippen molar-refractivity contribution in [1.29, 1.82) is 0 Å². The smallest absolute Gasteiger partial charge is 0.0486 e. The van der Waals surface area contributed by atoms with Gasteiger partial charge in [0.25, 0.3) is 0 Å². The molecule has 1 fully saturated rings. The SMILES string of the molecule is CCN1CCN(C(CN)c2ccccc2Cl)CC1. The van der Waals surface area contributed by atoms with E-state index in [9.17, 15) is 0 Å². The molecule has 18 heavy (non-hydrogen) atoms. The van der Waals surface area contributed by atoms with Gasteiger partial charge in [0.1, 0.15) is 0 Å². The molecule has 1 heterocycles. The molecule has 2 rings (SSSR count). The Kier molecular flexibility index (Phi) is 5.01. The normalized spacial score (nSPS) is 19.9. The molecule has 0 bridgehead atoms. The summed E-state index contributed by atoms with van der Waals surface area (Å²) in [6.45, 7) is 8.35. The molecule has 1 aromatic rings. The highest BCUT2D eigenvalue weighted by Gasteiger charge is 2.24. The van der Waals surface area contributed by atoms with Crippen LogP contribution in [0.15, 0.2) is 24.3 Å². The first-order chi connectivity index (χ1) is 8.76. The van der Waals surface area contributed by atoms with Gasteiger partial charge in [-0.25, -0.2) is 0 Å². The van der Waals surface area contributed by atoms with Gasteiger partial charge in [-0.15, -0.1) is 0 Å². The van der Waals surface area contributed by atoms with Crippen molar-refractivity contribution in [1.82, 2.24) is 9.80 Å². The first-order valence-electron chi connectivity index (χ1n) is 6.67. The van der Waals surface area contributed by atoms with Crippen LogP contribution in [-0.2, 0) is 0 Å². The van der Waals surface area contributed by atoms with Crippen molar-refractivity contribution in [2.75, 3.05) is 39.3 Å². The number of rotatable bonds is 4. The lowest BCUT2D eigenvalue weighted by Gasteiger charge is -2.39. The topological polar surface area (TPSA) is 32.5 Å². The van der Waals surface area contributed by atoms with Gasteiger partial charge in [-0.2, -0.15) is 0 Å². The summed E-state index contributed by atoms with van der Waals surface area (Å²) in [4.78, 5) is 4.92. The Hall–Kier alpha value is -0.610. The first kappa shape index (κ1) is 13.8. The molecule has 1 aliphatic rings. The predicted molar refractivity (Wildman–Crippen MR) is 76.9 cm³/mol.